The van der Waals surface area contributed by atoms with Crippen molar-refractivity contribution in [3.8, 4) is 0 Å². The van der Waals surface area contributed by atoms with Crippen molar-refractivity contribution in [2.24, 2.45) is 5.73 Å². The van der Waals surface area contributed by atoms with Crippen LogP contribution in [0.5, 0.6) is 0 Å². The van der Waals surface area contributed by atoms with Gasteiger partial charge in [-0.05, 0) is 40.0 Å². The summed E-state index contributed by atoms with van der Waals surface area (Å²) in [4.78, 5) is 50.6. The number of amides is 4. The van der Waals surface area contributed by atoms with E-state index in [0.29, 0.717) is 25.8 Å². The van der Waals surface area contributed by atoms with Crippen molar-refractivity contribution in [1.82, 2.24) is 20.9 Å². The van der Waals surface area contributed by atoms with Gasteiger partial charge in [-0.2, -0.15) is 0 Å². The Balaban J connectivity index is 2.60. The Kier molecular flexibility index (Phi) is 10.3. The van der Waals surface area contributed by atoms with Gasteiger partial charge in [0.15, 0.2) is 0 Å². The lowest BCUT2D eigenvalue weighted by Crippen LogP contribution is -2.55. The standard InChI is InChI=1S/C21H37N5O5/c1-6-7-8-10-15(25-20(30)31-21(3,4)5)18(28)23-13-17(27)24-16-11-9-12-26(14(2)22)19(16)29/h15-16H,2,6-13,22H2,1,3-5H3,(H,23,28)(H,24,27)(H,25,30)/t15-,16+/m1/s1. The molecule has 0 aromatic carbocycles. The second kappa shape index (κ2) is 12.2. The lowest BCUT2D eigenvalue weighted by atomic mass is 10.0. The smallest absolute Gasteiger partial charge is 0.408 e. The van der Waals surface area contributed by atoms with Crippen LogP contribution in [0, 0.1) is 0 Å². The molecule has 0 spiro atoms. The minimum Gasteiger partial charge on any atom is -0.444 e. The number of ether oxygens (including phenoxy) is 1. The van der Waals surface area contributed by atoms with Crippen molar-refractivity contribution >= 4 is 23.8 Å². The molecule has 1 aliphatic heterocycles. The first-order valence-corrected chi connectivity index (χ1v) is 10.8. The minimum atomic E-state index is -0.818. The normalized spacial score (nSPS) is 17.5. The van der Waals surface area contributed by atoms with Crippen LogP contribution in [0.1, 0.15) is 66.2 Å². The number of carbonyl (C=O) groups is 4. The molecule has 176 valence electrons. The van der Waals surface area contributed by atoms with E-state index >= 15 is 0 Å². The third-order valence-corrected chi connectivity index (χ3v) is 4.65. The van der Waals surface area contributed by atoms with Gasteiger partial charge in [-0.25, -0.2) is 4.79 Å². The minimum absolute atomic E-state index is 0.139. The molecule has 1 rings (SSSR count). The average molecular weight is 440 g/mol. The number of nitrogens with one attached hydrogen (secondary N) is 3. The van der Waals surface area contributed by atoms with Crippen LogP contribution in [-0.4, -0.2) is 59.5 Å². The van der Waals surface area contributed by atoms with E-state index in [0.717, 1.165) is 19.3 Å². The molecule has 10 heteroatoms. The Hall–Kier alpha value is -2.78. The number of alkyl carbamates (subject to hydrolysis) is 1. The molecule has 1 fully saturated rings. The summed E-state index contributed by atoms with van der Waals surface area (Å²) in [6.45, 7) is 11.0. The molecule has 1 heterocycles. The van der Waals surface area contributed by atoms with Gasteiger partial charge >= 0.3 is 6.09 Å². The zero-order chi connectivity index (χ0) is 23.6. The van der Waals surface area contributed by atoms with Gasteiger partial charge in [-0.1, -0.05) is 32.8 Å². The molecule has 10 nitrogen and oxygen atoms in total. The van der Waals surface area contributed by atoms with Crippen molar-refractivity contribution in [3.63, 3.8) is 0 Å². The number of carbonyl (C=O) groups excluding carboxylic acids is 4. The number of piperidine rings is 1. The van der Waals surface area contributed by atoms with Crippen LogP contribution in [0.2, 0.25) is 0 Å². The van der Waals surface area contributed by atoms with E-state index in [1.54, 1.807) is 20.8 Å². The fourth-order valence-corrected chi connectivity index (χ4v) is 3.15. The van der Waals surface area contributed by atoms with Crippen molar-refractivity contribution in [2.45, 2.75) is 83.9 Å². The number of nitrogens with zero attached hydrogens (tertiary/aromatic N) is 1. The fraction of sp³-hybridized carbons (Fsp3) is 0.714. The van der Waals surface area contributed by atoms with Crippen LogP contribution in [-0.2, 0) is 19.1 Å². The maximum absolute atomic E-state index is 12.6. The summed E-state index contributed by atoms with van der Waals surface area (Å²) in [6.07, 6.45) is 3.52. The summed E-state index contributed by atoms with van der Waals surface area (Å²) in [7, 11) is 0. The second-order valence-electron chi connectivity index (χ2n) is 8.66. The molecule has 0 saturated carbocycles. The number of hydrogen-bond donors (Lipinski definition) is 4. The highest BCUT2D eigenvalue weighted by atomic mass is 16.6. The predicted octanol–water partition coefficient (Wildman–Crippen LogP) is 1.11. The van der Waals surface area contributed by atoms with Crippen LogP contribution in [0.25, 0.3) is 0 Å². The molecule has 0 aromatic rings. The van der Waals surface area contributed by atoms with Gasteiger partial charge in [0, 0.05) is 6.54 Å². The molecule has 5 N–H and O–H groups in total. The van der Waals surface area contributed by atoms with Crippen LogP contribution in [0.4, 0.5) is 4.79 Å². The van der Waals surface area contributed by atoms with Gasteiger partial charge in [-0.15, -0.1) is 0 Å². The van der Waals surface area contributed by atoms with Gasteiger partial charge in [0.05, 0.1) is 12.4 Å². The molecular formula is C21H37N5O5. The Morgan fingerprint density at radius 2 is 1.97 bits per heavy atom. The van der Waals surface area contributed by atoms with Crippen LogP contribution in [0.3, 0.4) is 0 Å². The summed E-state index contributed by atoms with van der Waals surface area (Å²) >= 11 is 0. The third kappa shape index (κ3) is 9.71. The lowest BCUT2D eigenvalue weighted by Gasteiger charge is -2.32. The largest absolute Gasteiger partial charge is 0.444 e. The first-order chi connectivity index (χ1) is 14.4. The van der Waals surface area contributed by atoms with E-state index < -0.39 is 35.6 Å². The van der Waals surface area contributed by atoms with E-state index in [1.807, 2.05) is 6.92 Å². The SMILES string of the molecule is C=C(N)N1CCC[C@H](NC(=O)CNC(=O)[C@@H](CCCCC)NC(=O)OC(C)(C)C)C1=O. The van der Waals surface area contributed by atoms with Crippen molar-refractivity contribution in [3.05, 3.63) is 12.4 Å². The molecule has 1 saturated heterocycles. The Bertz CT molecular complexity index is 674. The quantitative estimate of drug-likeness (QED) is 0.376. The van der Waals surface area contributed by atoms with E-state index in [-0.39, 0.29) is 18.3 Å². The topological polar surface area (TPSA) is 143 Å². The highest BCUT2D eigenvalue weighted by molar-refractivity contribution is 5.92. The zero-order valence-electron chi connectivity index (χ0n) is 19.1. The van der Waals surface area contributed by atoms with Crippen LogP contribution >= 0.6 is 0 Å². The van der Waals surface area contributed by atoms with Crippen LogP contribution in [0.15, 0.2) is 12.4 Å². The van der Waals surface area contributed by atoms with Crippen molar-refractivity contribution in [1.29, 1.82) is 0 Å². The summed E-state index contributed by atoms with van der Waals surface area (Å²) in [5.41, 5.74) is 4.92. The average Bonchev–Trinajstić information content (AvgIpc) is 2.65. The number of hydrogen-bond acceptors (Lipinski definition) is 6. The van der Waals surface area contributed by atoms with E-state index in [4.69, 9.17) is 10.5 Å². The molecule has 0 radical (unpaired) electrons. The number of unbranched alkanes of at least 4 members (excludes halogenated alkanes) is 2. The van der Waals surface area contributed by atoms with Gasteiger partial charge < -0.3 is 26.4 Å². The maximum atomic E-state index is 12.6. The summed E-state index contributed by atoms with van der Waals surface area (Å²) < 4.78 is 5.22. The molecule has 31 heavy (non-hydrogen) atoms. The Morgan fingerprint density at radius 3 is 2.55 bits per heavy atom. The van der Waals surface area contributed by atoms with E-state index in [9.17, 15) is 19.2 Å². The van der Waals surface area contributed by atoms with E-state index in [1.165, 1.54) is 4.90 Å². The molecule has 0 unspecified atom stereocenters. The lowest BCUT2D eigenvalue weighted by molar-refractivity contribution is -0.137. The monoisotopic (exact) mass is 439 g/mol. The number of rotatable bonds is 10. The molecule has 0 aromatic heterocycles. The van der Waals surface area contributed by atoms with Crippen molar-refractivity contribution in [2.75, 3.05) is 13.1 Å². The molecule has 2 atom stereocenters. The van der Waals surface area contributed by atoms with Gasteiger partial charge in [0.1, 0.15) is 17.7 Å². The zero-order valence-corrected chi connectivity index (χ0v) is 19.1. The van der Waals surface area contributed by atoms with Gasteiger partial charge in [-0.3, -0.25) is 19.3 Å². The molecular weight excluding hydrogens is 402 g/mol. The fourth-order valence-electron chi connectivity index (χ4n) is 3.15. The first kappa shape index (κ1) is 26.3. The molecule has 0 bridgehead atoms. The first-order valence-electron chi connectivity index (χ1n) is 10.8. The van der Waals surface area contributed by atoms with Gasteiger partial charge in [0.2, 0.25) is 11.8 Å². The van der Waals surface area contributed by atoms with Crippen molar-refractivity contribution < 1.29 is 23.9 Å². The van der Waals surface area contributed by atoms with E-state index in [2.05, 4.69) is 22.5 Å². The maximum Gasteiger partial charge on any atom is 0.408 e. The van der Waals surface area contributed by atoms with Gasteiger partial charge in [0.25, 0.3) is 5.91 Å². The summed E-state index contributed by atoms with van der Waals surface area (Å²) in [5, 5.41) is 7.72. The summed E-state index contributed by atoms with van der Waals surface area (Å²) in [5.74, 6) is -1.16. The molecule has 0 aliphatic carbocycles. The number of likely N-dealkylation sites (tertiary alicyclic amines) is 1. The highest BCUT2D eigenvalue weighted by Crippen LogP contribution is 2.14. The second-order valence-corrected chi connectivity index (χ2v) is 8.66. The Labute approximate surface area is 184 Å². The Morgan fingerprint density at radius 1 is 1.29 bits per heavy atom. The predicted molar refractivity (Wildman–Crippen MR) is 117 cm³/mol. The molecule has 4 amide bonds. The summed E-state index contributed by atoms with van der Waals surface area (Å²) in [6, 6.07) is -1.53. The third-order valence-electron chi connectivity index (χ3n) is 4.65. The molecule has 1 aliphatic rings. The van der Waals surface area contributed by atoms with Crippen LogP contribution < -0.4 is 21.7 Å². The highest BCUT2D eigenvalue weighted by Gasteiger charge is 2.31. The number of nitrogens with two attached hydrogens (primary N) is 1.